The van der Waals surface area contributed by atoms with Crippen LogP contribution < -0.4 is 5.73 Å². The van der Waals surface area contributed by atoms with E-state index in [2.05, 4.69) is 23.3 Å². The van der Waals surface area contributed by atoms with E-state index in [0.29, 0.717) is 5.92 Å². The molecule has 0 radical (unpaired) electrons. The molecule has 4 heteroatoms. The summed E-state index contributed by atoms with van der Waals surface area (Å²) in [5.41, 5.74) is 7.85. The summed E-state index contributed by atoms with van der Waals surface area (Å²) in [6, 6.07) is 4.13. The highest BCUT2D eigenvalue weighted by Gasteiger charge is 2.02. The predicted octanol–water partition coefficient (Wildman–Crippen LogP) is 0.867. The summed E-state index contributed by atoms with van der Waals surface area (Å²) >= 11 is 0. The number of hydrogen-bond acceptors (Lipinski definition) is 3. The first kappa shape index (κ1) is 9.15. The van der Waals surface area contributed by atoms with Gasteiger partial charge >= 0.3 is 0 Å². The minimum Gasteiger partial charge on any atom is -0.330 e. The Morgan fingerprint density at radius 1 is 1.50 bits per heavy atom. The van der Waals surface area contributed by atoms with Gasteiger partial charge in [0.25, 0.3) is 0 Å². The Bertz CT molecular complexity index is 421. The molecule has 1 atom stereocenters. The quantitative estimate of drug-likeness (QED) is 0.781. The SMILES string of the molecule is CC(CN)Cc1ccc2cnnn2c1. The molecule has 2 rings (SSSR count). The minimum atomic E-state index is 0.510. The Labute approximate surface area is 82.7 Å². The maximum absolute atomic E-state index is 5.58. The first-order chi connectivity index (χ1) is 6.79. The van der Waals surface area contributed by atoms with Crippen LogP contribution in [0, 0.1) is 5.92 Å². The molecule has 2 aromatic rings. The lowest BCUT2D eigenvalue weighted by Crippen LogP contribution is -2.13. The predicted molar refractivity (Wildman–Crippen MR) is 54.9 cm³/mol. The van der Waals surface area contributed by atoms with Gasteiger partial charge in [-0.3, -0.25) is 0 Å². The van der Waals surface area contributed by atoms with Crippen molar-refractivity contribution in [2.45, 2.75) is 13.3 Å². The summed E-state index contributed by atoms with van der Waals surface area (Å²) in [5.74, 6) is 0.510. The van der Waals surface area contributed by atoms with Gasteiger partial charge in [0.1, 0.15) is 0 Å². The molecule has 0 spiro atoms. The largest absolute Gasteiger partial charge is 0.330 e. The van der Waals surface area contributed by atoms with Crippen LogP contribution in [-0.2, 0) is 6.42 Å². The highest BCUT2D eigenvalue weighted by molar-refractivity contribution is 5.43. The lowest BCUT2D eigenvalue weighted by Gasteiger charge is -2.07. The number of pyridine rings is 1. The maximum Gasteiger partial charge on any atom is 0.0865 e. The fourth-order valence-corrected chi connectivity index (χ4v) is 1.47. The van der Waals surface area contributed by atoms with E-state index in [1.54, 1.807) is 10.7 Å². The number of nitrogens with zero attached hydrogens (tertiary/aromatic N) is 3. The van der Waals surface area contributed by atoms with Gasteiger partial charge in [0.2, 0.25) is 0 Å². The van der Waals surface area contributed by atoms with Crippen LogP contribution in [0.1, 0.15) is 12.5 Å². The average Bonchev–Trinajstić information content (AvgIpc) is 2.64. The van der Waals surface area contributed by atoms with Crippen LogP contribution in [0.25, 0.3) is 5.52 Å². The molecule has 0 saturated heterocycles. The molecule has 74 valence electrons. The molecule has 2 N–H and O–H groups in total. The van der Waals surface area contributed by atoms with Gasteiger partial charge in [0.05, 0.1) is 11.7 Å². The maximum atomic E-state index is 5.58. The molecule has 2 aromatic heterocycles. The standard InChI is InChI=1S/C10H14N4/c1-8(5-11)4-9-2-3-10-6-12-13-14(10)7-9/h2-3,6-8H,4-5,11H2,1H3. The van der Waals surface area contributed by atoms with Gasteiger partial charge in [-0.15, -0.1) is 5.10 Å². The molecular weight excluding hydrogens is 176 g/mol. The van der Waals surface area contributed by atoms with E-state index in [1.165, 1.54) is 5.56 Å². The molecular formula is C10H14N4. The smallest absolute Gasteiger partial charge is 0.0865 e. The molecule has 0 aliphatic carbocycles. The van der Waals surface area contributed by atoms with Gasteiger partial charge in [0, 0.05) is 6.20 Å². The van der Waals surface area contributed by atoms with Gasteiger partial charge in [-0.1, -0.05) is 18.2 Å². The van der Waals surface area contributed by atoms with Crippen LogP contribution >= 0.6 is 0 Å². The third-order valence-corrected chi connectivity index (χ3v) is 2.35. The van der Waals surface area contributed by atoms with Crippen molar-refractivity contribution < 1.29 is 0 Å². The van der Waals surface area contributed by atoms with Crippen molar-refractivity contribution in [1.29, 1.82) is 0 Å². The Morgan fingerprint density at radius 2 is 2.36 bits per heavy atom. The number of fused-ring (bicyclic) bond motifs is 1. The Hall–Kier alpha value is -1.42. The van der Waals surface area contributed by atoms with Gasteiger partial charge < -0.3 is 5.73 Å². The van der Waals surface area contributed by atoms with Gasteiger partial charge in [-0.25, -0.2) is 4.52 Å². The molecule has 0 aromatic carbocycles. The van der Waals surface area contributed by atoms with Crippen LogP contribution in [0.15, 0.2) is 24.5 Å². The number of rotatable bonds is 3. The molecule has 0 saturated carbocycles. The second kappa shape index (κ2) is 3.75. The zero-order chi connectivity index (χ0) is 9.97. The second-order valence-electron chi connectivity index (χ2n) is 3.69. The van der Waals surface area contributed by atoms with Crippen LogP contribution in [0.4, 0.5) is 0 Å². The van der Waals surface area contributed by atoms with Crippen LogP contribution in [0.3, 0.4) is 0 Å². The molecule has 4 nitrogen and oxygen atoms in total. The van der Waals surface area contributed by atoms with E-state index in [1.807, 2.05) is 12.3 Å². The summed E-state index contributed by atoms with van der Waals surface area (Å²) < 4.78 is 1.79. The van der Waals surface area contributed by atoms with Crippen LogP contribution in [0.2, 0.25) is 0 Å². The van der Waals surface area contributed by atoms with E-state index in [-0.39, 0.29) is 0 Å². The lowest BCUT2D eigenvalue weighted by molar-refractivity contribution is 0.590. The highest BCUT2D eigenvalue weighted by Crippen LogP contribution is 2.09. The van der Waals surface area contributed by atoms with E-state index < -0.39 is 0 Å². The summed E-state index contributed by atoms with van der Waals surface area (Å²) in [7, 11) is 0. The van der Waals surface area contributed by atoms with Crippen molar-refractivity contribution in [3.8, 4) is 0 Å². The van der Waals surface area contributed by atoms with Crippen LogP contribution in [-0.4, -0.2) is 21.4 Å². The van der Waals surface area contributed by atoms with Crippen molar-refractivity contribution in [2.24, 2.45) is 11.7 Å². The minimum absolute atomic E-state index is 0.510. The van der Waals surface area contributed by atoms with Crippen molar-refractivity contribution in [3.63, 3.8) is 0 Å². The lowest BCUT2D eigenvalue weighted by atomic mass is 10.0. The topological polar surface area (TPSA) is 56.2 Å². The van der Waals surface area contributed by atoms with Gasteiger partial charge in [-0.2, -0.15) is 0 Å². The van der Waals surface area contributed by atoms with E-state index in [9.17, 15) is 0 Å². The molecule has 14 heavy (non-hydrogen) atoms. The highest BCUT2D eigenvalue weighted by atomic mass is 15.4. The van der Waals surface area contributed by atoms with E-state index in [0.717, 1.165) is 18.5 Å². The van der Waals surface area contributed by atoms with Crippen LogP contribution in [0.5, 0.6) is 0 Å². The third-order valence-electron chi connectivity index (χ3n) is 2.35. The summed E-state index contributed by atoms with van der Waals surface area (Å²) in [5, 5.41) is 7.78. The summed E-state index contributed by atoms with van der Waals surface area (Å²) in [6.45, 7) is 2.86. The number of nitrogens with two attached hydrogens (primary N) is 1. The first-order valence-corrected chi connectivity index (χ1v) is 4.78. The first-order valence-electron chi connectivity index (χ1n) is 4.78. The monoisotopic (exact) mass is 190 g/mol. The molecule has 0 amide bonds. The molecule has 2 heterocycles. The summed E-state index contributed by atoms with van der Waals surface area (Å²) in [4.78, 5) is 0. The normalized spacial score (nSPS) is 13.3. The molecule has 0 fully saturated rings. The van der Waals surface area contributed by atoms with Crippen molar-refractivity contribution in [3.05, 3.63) is 30.1 Å². The molecule has 0 aliphatic heterocycles. The Balaban J connectivity index is 2.25. The summed E-state index contributed by atoms with van der Waals surface area (Å²) in [6.07, 6.45) is 4.75. The number of aromatic nitrogens is 3. The average molecular weight is 190 g/mol. The van der Waals surface area contributed by atoms with E-state index in [4.69, 9.17) is 5.73 Å². The third kappa shape index (κ3) is 1.75. The Kier molecular flexibility index (Phi) is 2.45. The molecule has 1 unspecified atom stereocenters. The van der Waals surface area contributed by atoms with Crippen molar-refractivity contribution >= 4 is 5.52 Å². The van der Waals surface area contributed by atoms with Crippen molar-refractivity contribution in [2.75, 3.05) is 6.54 Å². The fourth-order valence-electron chi connectivity index (χ4n) is 1.47. The molecule has 0 aliphatic rings. The fraction of sp³-hybridized carbons (Fsp3) is 0.400. The zero-order valence-corrected chi connectivity index (χ0v) is 8.22. The van der Waals surface area contributed by atoms with Crippen molar-refractivity contribution in [1.82, 2.24) is 14.8 Å². The second-order valence-corrected chi connectivity index (χ2v) is 3.69. The van der Waals surface area contributed by atoms with E-state index >= 15 is 0 Å². The van der Waals surface area contributed by atoms with Gasteiger partial charge in [-0.05, 0) is 30.5 Å². The van der Waals surface area contributed by atoms with Gasteiger partial charge in [0.15, 0.2) is 0 Å². The molecule has 0 bridgehead atoms. The zero-order valence-electron chi connectivity index (χ0n) is 8.22. The Morgan fingerprint density at radius 3 is 3.14 bits per heavy atom. The number of hydrogen-bond donors (Lipinski definition) is 1.